The van der Waals surface area contributed by atoms with Crippen LogP contribution in [0.15, 0.2) is 12.3 Å². The first-order valence-corrected chi connectivity index (χ1v) is 8.30. The van der Waals surface area contributed by atoms with E-state index in [-0.39, 0.29) is 36.7 Å². The molecule has 2 atom stereocenters. The van der Waals surface area contributed by atoms with E-state index in [2.05, 4.69) is 31.1 Å². The number of pyridine rings is 1. The molecule has 1 saturated heterocycles. The van der Waals surface area contributed by atoms with Crippen LogP contribution in [-0.2, 0) is 9.53 Å². The van der Waals surface area contributed by atoms with Crippen LogP contribution in [0.5, 0.6) is 0 Å². The van der Waals surface area contributed by atoms with Crippen molar-refractivity contribution in [2.75, 3.05) is 13.2 Å². The largest absolute Gasteiger partial charge is 0.447 e. The molecule has 138 valence electrons. The summed E-state index contributed by atoms with van der Waals surface area (Å²) in [6.45, 7) is 4.00. The minimum Gasteiger partial charge on any atom is -0.447 e. The molecule has 2 aromatic heterocycles. The highest BCUT2D eigenvalue weighted by Gasteiger charge is 2.29. The summed E-state index contributed by atoms with van der Waals surface area (Å²) in [6.07, 6.45) is 1.54. The van der Waals surface area contributed by atoms with Crippen molar-refractivity contribution in [2.24, 2.45) is 0 Å². The van der Waals surface area contributed by atoms with Crippen LogP contribution in [0.1, 0.15) is 29.5 Å². The molecule has 0 saturated carbocycles. The number of hydrogen-bond donors (Lipinski definition) is 4. The lowest BCUT2D eigenvalue weighted by atomic mass is 10.2. The summed E-state index contributed by atoms with van der Waals surface area (Å²) in [5.74, 6) is -0.678. The van der Waals surface area contributed by atoms with E-state index in [1.54, 1.807) is 6.07 Å². The molecule has 2 aromatic rings. The third-order valence-electron chi connectivity index (χ3n) is 4.20. The summed E-state index contributed by atoms with van der Waals surface area (Å²) in [4.78, 5) is 39.5. The number of nitrogens with one attached hydrogen (secondary N) is 4. The first kappa shape index (κ1) is 17.6. The van der Waals surface area contributed by atoms with Crippen molar-refractivity contribution < 1.29 is 19.1 Å². The Labute approximate surface area is 149 Å². The molecule has 0 aromatic carbocycles. The first-order valence-electron chi connectivity index (χ1n) is 8.30. The molecule has 4 N–H and O–H groups in total. The Morgan fingerprint density at radius 2 is 2.27 bits per heavy atom. The number of aryl methyl sites for hydroxylation is 1. The number of nitrogens with zero attached hydrogens (tertiary/aromatic N) is 2. The number of rotatable bonds is 6. The normalized spacial score (nSPS) is 17.5. The SMILES string of the molecule is CC[C@H](CNC(=O)c1cc2c(C)[nH]nc2cn1)NC(=O)C1COC(=O)N1. The molecule has 1 aliphatic rings. The fourth-order valence-electron chi connectivity index (χ4n) is 2.60. The maximum absolute atomic E-state index is 12.3. The number of ether oxygens (including phenoxy) is 1. The van der Waals surface area contributed by atoms with Crippen molar-refractivity contribution in [2.45, 2.75) is 32.4 Å². The molecule has 1 fully saturated rings. The summed E-state index contributed by atoms with van der Waals surface area (Å²) in [6, 6.07) is 0.692. The zero-order valence-corrected chi connectivity index (χ0v) is 14.5. The Morgan fingerprint density at radius 3 is 2.96 bits per heavy atom. The van der Waals surface area contributed by atoms with E-state index in [1.807, 2.05) is 13.8 Å². The van der Waals surface area contributed by atoms with Crippen LogP contribution < -0.4 is 16.0 Å². The summed E-state index contributed by atoms with van der Waals surface area (Å²) < 4.78 is 4.70. The van der Waals surface area contributed by atoms with Crippen molar-refractivity contribution >= 4 is 28.8 Å². The number of H-pyrrole nitrogens is 1. The summed E-state index contributed by atoms with van der Waals surface area (Å²) in [7, 11) is 0. The van der Waals surface area contributed by atoms with E-state index in [4.69, 9.17) is 4.74 Å². The molecule has 0 bridgehead atoms. The highest BCUT2D eigenvalue weighted by molar-refractivity contribution is 5.96. The van der Waals surface area contributed by atoms with E-state index < -0.39 is 12.1 Å². The summed E-state index contributed by atoms with van der Waals surface area (Å²) in [5.41, 5.74) is 1.83. The number of carbonyl (C=O) groups is 3. The fraction of sp³-hybridized carbons (Fsp3) is 0.438. The standard InChI is InChI=1S/C16H20N6O4/c1-3-9(19-15(24)13-7-26-16(25)20-13)5-18-14(23)11-4-10-8(2)21-22-12(10)6-17-11/h4,6,9,13H,3,5,7H2,1-2H3,(H,18,23)(H,19,24)(H,20,25)(H,21,22)/t9-,13?/m1/s1. The number of alkyl carbamates (subject to hydrolysis) is 1. The average Bonchev–Trinajstić information content (AvgIpc) is 3.24. The van der Waals surface area contributed by atoms with Gasteiger partial charge in [0.05, 0.1) is 6.20 Å². The molecule has 10 nitrogen and oxygen atoms in total. The van der Waals surface area contributed by atoms with E-state index in [1.165, 1.54) is 6.20 Å². The Balaban J connectivity index is 1.56. The van der Waals surface area contributed by atoms with Gasteiger partial charge in [-0.25, -0.2) is 9.78 Å². The van der Waals surface area contributed by atoms with Crippen LogP contribution in [0.2, 0.25) is 0 Å². The number of hydrogen-bond acceptors (Lipinski definition) is 6. The Kier molecular flexibility index (Phi) is 5.01. The van der Waals surface area contributed by atoms with Gasteiger partial charge in [0, 0.05) is 23.7 Å². The van der Waals surface area contributed by atoms with Gasteiger partial charge in [-0.3, -0.25) is 14.7 Å². The number of aromatic nitrogens is 3. The van der Waals surface area contributed by atoms with Gasteiger partial charge in [0.2, 0.25) is 5.91 Å². The maximum Gasteiger partial charge on any atom is 0.407 e. The molecule has 3 amide bonds. The molecular weight excluding hydrogens is 340 g/mol. The average molecular weight is 360 g/mol. The van der Waals surface area contributed by atoms with E-state index in [9.17, 15) is 14.4 Å². The molecule has 0 spiro atoms. The monoisotopic (exact) mass is 360 g/mol. The Bertz CT molecular complexity index is 848. The maximum atomic E-state index is 12.3. The van der Waals surface area contributed by atoms with Crippen molar-refractivity contribution in [3.63, 3.8) is 0 Å². The lowest BCUT2D eigenvalue weighted by molar-refractivity contribution is -0.123. The molecule has 0 radical (unpaired) electrons. The molecule has 1 unspecified atom stereocenters. The van der Waals surface area contributed by atoms with Gasteiger partial charge in [-0.2, -0.15) is 5.10 Å². The Hall–Kier alpha value is -3.17. The van der Waals surface area contributed by atoms with Gasteiger partial charge in [-0.1, -0.05) is 6.92 Å². The third-order valence-corrected chi connectivity index (χ3v) is 4.20. The van der Waals surface area contributed by atoms with E-state index in [0.29, 0.717) is 11.9 Å². The van der Waals surface area contributed by atoms with Crippen molar-refractivity contribution in [3.8, 4) is 0 Å². The minimum absolute atomic E-state index is 0.00143. The van der Waals surface area contributed by atoms with Gasteiger partial charge >= 0.3 is 6.09 Å². The summed E-state index contributed by atoms with van der Waals surface area (Å²) >= 11 is 0. The van der Waals surface area contributed by atoms with Gasteiger partial charge in [0.1, 0.15) is 23.9 Å². The molecule has 3 heterocycles. The molecular formula is C16H20N6O4. The molecule has 26 heavy (non-hydrogen) atoms. The van der Waals surface area contributed by atoms with Crippen molar-refractivity contribution in [1.29, 1.82) is 0 Å². The van der Waals surface area contributed by atoms with Crippen molar-refractivity contribution in [1.82, 2.24) is 31.1 Å². The predicted molar refractivity (Wildman–Crippen MR) is 91.5 cm³/mol. The van der Waals surface area contributed by atoms with Crippen molar-refractivity contribution in [3.05, 3.63) is 23.7 Å². The second-order valence-corrected chi connectivity index (χ2v) is 6.05. The Morgan fingerprint density at radius 1 is 1.46 bits per heavy atom. The van der Waals surface area contributed by atoms with Crippen LogP contribution in [0, 0.1) is 6.92 Å². The lowest BCUT2D eigenvalue weighted by Crippen LogP contribution is -2.50. The smallest absolute Gasteiger partial charge is 0.407 e. The summed E-state index contributed by atoms with van der Waals surface area (Å²) in [5, 5.41) is 15.7. The topological polar surface area (TPSA) is 138 Å². The third kappa shape index (κ3) is 3.73. The number of cyclic esters (lactones) is 1. The van der Waals surface area contributed by atoms with Gasteiger partial charge in [-0.15, -0.1) is 0 Å². The van der Waals surface area contributed by atoms with Crippen LogP contribution in [0.25, 0.3) is 10.9 Å². The lowest BCUT2D eigenvalue weighted by Gasteiger charge is -2.19. The minimum atomic E-state index is -0.708. The second-order valence-electron chi connectivity index (χ2n) is 6.05. The van der Waals surface area contributed by atoms with Gasteiger partial charge in [0.15, 0.2) is 0 Å². The van der Waals surface area contributed by atoms with Crippen LogP contribution >= 0.6 is 0 Å². The van der Waals surface area contributed by atoms with E-state index in [0.717, 1.165) is 11.1 Å². The van der Waals surface area contributed by atoms with Gasteiger partial charge in [-0.05, 0) is 19.4 Å². The second kappa shape index (κ2) is 7.38. The van der Waals surface area contributed by atoms with Gasteiger partial charge < -0.3 is 20.7 Å². The molecule has 3 rings (SSSR count). The highest BCUT2D eigenvalue weighted by Crippen LogP contribution is 2.14. The van der Waals surface area contributed by atoms with Gasteiger partial charge in [0.25, 0.3) is 5.91 Å². The fourth-order valence-corrected chi connectivity index (χ4v) is 2.60. The zero-order chi connectivity index (χ0) is 18.7. The zero-order valence-electron chi connectivity index (χ0n) is 14.5. The molecule has 0 aliphatic carbocycles. The van der Waals surface area contributed by atoms with Crippen LogP contribution in [0.3, 0.4) is 0 Å². The van der Waals surface area contributed by atoms with E-state index >= 15 is 0 Å². The highest BCUT2D eigenvalue weighted by atomic mass is 16.6. The van der Waals surface area contributed by atoms with Crippen LogP contribution in [0.4, 0.5) is 4.79 Å². The van der Waals surface area contributed by atoms with Crippen LogP contribution in [-0.4, -0.2) is 58.3 Å². The predicted octanol–water partition coefficient (Wildman–Crippen LogP) is -0.000680. The number of fused-ring (bicyclic) bond motifs is 1. The molecule has 10 heteroatoms. The molecule has 1 aliphatic heterocycles. The first-order chi connectivity index (χ1) is 12.5. The number of amides is 3. The number of carbonyl (C=O) groups excluding carboxylic acids is 3. The quantitative estimate of drug-likeness (QED) is 0.572. The number of aromatic amines is 1.